The molecule has 0 aliphatic carbocycles. The van der Waals surface area contributed by atoms with Crippen LogP contribution in [0.1, 0.15) is 15.9 Å². The summed E-state index contributed by atoms with van der Waals surface area (Å²) < 4.78 is 44.6. The fraction of sp³-hybridized carbons (Fsp3) is 0.333. The maximum absolute atomic E-state index is 12.2. The summed E-state index contributed by atoms with van der Waals surface area (Å²) in [7, 11) is 0.941. The number of methoxy groups -OCH3 is 1. The Hall–Kier alpha value is -2.39. The summed E-state index contributed by atoms with van der Waals surface area (Å²) >= 11 is 0. The number of pyridine rings is 1. The molecule has 104 valence electrons. The molecule has 0 atom stereocenters. The number of rotatable bonds is 3. The summed E-state index contributed by atoms with van der Waals surface area (Å²) in [5, 5.41) is 10.6. The Kier molecular flexibility index (Phi) is 3.92. The van der Waals surface area contributed by atoms with Crippen molar-refractivity contribution in [3.63, 3.8) is 0 Å². The summed E-state index contributed by atoms with van der Waals surface area (Å²) in [4.78, 5) is 24.2. The number of nitro groups is 1. The van der Waals surface area contributed by atoms with Gasteiger partial charge < -0.3 is 19.6 Å². The summed E-state index contributed by atoms with van der Waals surface area (Å²) in [6, 6.07) is 0. The van der Waals surface area contributed by atoms with Crippen molar-refractivity contribution in [2.24, 2.45) is 0 Å². The van der Waals surface area contributed by atoms with Crippen LogP contribution in [0.2, 0.25) is 0 Å². The Morgan fingerprint density at radius 2 is 2.05 bits per heavy atom. The Labute approximate surface area is 104 Å². The highest BCUT2D eigenvalue weighted by Gasteiger charge is 2.36. The number of hydrogen-bond acceptors (Lipinski definition) is 6. The van der Waals surface area contributed by atoms with Gasteiger partial charge in [-0.3, -0.25) is 0 Å². The highest BCUT2D eigenvalue weighted by molar-refractivity contribution is 5.93. The van der Waals surface area contributed by atoms with Gasteiger partial charge in [0.1, 0.15) is 5.56 Å². The van der Waals surface area contributed by atoms with Crippen molar-refractivity contribution in [3.8, 4) is 5.75 Å². The molecule has 0 saturated heterocycles. The predicted molar refractivity (Wildman–Crippen MR) is 53.7 cm³/mol. The molecule has 1 aromatic rings. The summed E-state index contributed by atoms with van der Waals surface area (Å²) in [5.41, 5.74) is -1.17. The van der Waals surface area contributed by atoms with Crippen molar-refractivity contribution in [1.82, 2.24) is 4.98 Å². The van der Waals surface area contributed by atoms with Crippen LogP contribution in [0.25, 0.3) is 0 Å². The van der Waals surface area contributed by atoms with Crippen LogP contribution in [0.3, 0.4) is 0 Å². The lowest BCUT2D eigenvalue weighted by molar-refractivity contribution is -0.390. The minimum atomic E-state index is -5.11. The first kappa shape index (κ1) is 14.7. The standard InChI is InChI=1S/C9H7F3N2O5/c1-4-6(19-9(10,11)12)5(8(15)18-2)3-13-7(4)14(16)17/h3H,1-2H3. The second kappa shape index (κ2) is 5.08. The van der Waals surface area contributed by atoms with Crippen molar-refractivity contribution in [3.05, 3.63) is 27.4 Å². The van der Waals surface area contributed by atoms with E-state index in [2.05, 4.69) is 14.5 Å². The first-order valence-corrected chi connectivity index (χ1v) is 4.65. The SMILES string of the molecule is COC(=O)c1cnc([N+](=O)[O-])c(C)c1OC(F)(F)F. The molecule has 0 unspecified atom stereocenters. The molecule has 0 spiro atoms. The second-order valence-electron chi connectivity index (χ2n) is 3.25. The van der Waals surface area contributed by atoms with Crippen molar-refractivity contribution in [2.75, 3.05) is 7.11 Å². The normalized spacial score (nSPS) is 11.0. The number of nitrogens with zero attached hydrogens (tertiary/aromatic N) is 2. The van der Waals surface area contributed by atoms with Gasteiger partial charge in [0.2, 0.25) is 0 Å². The molecule has 0 bridgehead atoms. The maximum atomic E-state index is 12.2. The Morgan fingerprint density at radius 1 is 1.47 bits per heavy atom. The van der Waals surface area contributed by atoms with Crippen LogP contribution in [0, 0.1) is 17.0 Å². The smallest absolute Gasteiger partial charge is 0.465 e. The van der Waals surface area contributed by atoms with Crippen LogP contribution in [-0.2, 0) is 4.74 Å². The van der Waals surface area contributed by atoms with Crippen molar-refractivity contribution < 1.29 is 32.4 Å². The Balaban J connectivity index is 3.46. The zero-order valence-corrected chi connectivity index (χ0v) is 9.65. The number of aromatic nitrogens is 1. The lowest BCUT2D eigenvalue weighted by Gasteiger charge is -2.13. The number of ether oxygens (including phenoxy) is 2. The molecule has 0 saturated carbocycles. The second-order valence-corrected chi connectivity index (χ2v) is 3.25. The van der Waals surface area contributed by atoms with Gasteiger partial charge in [0.05, 0.1) is 12.7 Å². The van der Waals surface area contributed by atoms with Crippen LogP contribution >= 0.6 is 0 Å². The fourth-order valence-electron chi connectivity index (χ4n) is 1.27. The van der Waals surface area contributed by atoms with Gasteiger partial charge in [-0.2, -0.15) is 0 Å². The van der Waals surface area contributed by atoms with Gasteiger partial charge in [0, 0.05) is 0 Å². The molecular weight excluding hydrogens is 273 g/mol. The quantitative estimate of drug-likeness (QED) is 0.477. The van der Waals surface area contributed by atoms with E-state index in [1.165, 1.54) is 0 Å². The van der Waals surface area contributed by atoms with Gasteiger partial charge in [-0.15, -0.1) is 13.2 Å². The number of alkyl halides is 3. The van der Waals surface area contributed by atoms with Crippen LogP contribution in [0.4, 0.5) is 19.0 Å². The molecule has 0 aliphatic rings. The van der Waals surface area contributed by atoms with Gasteiger partial charge in [-0.25, -0.2) is 4.79 Å². The molecule has 1 heterocycles. The molecular formula is C9H7F3N2O5. The van der Waals surface area contributed by atoms with Crippen LogP contribution < -0.4 is 4.74 Å². The van der Waals surface area contributed by atoms with E-state index in [0.717, 1.165) is 14.0 Å². The maximum Gasteiger partial charge on any atom is 0.573 e. The van der Waals surface area contributed by atoms with E-state index in [4.69, 9.17) is 0 Å². The molecule has 0 fully saturated rings. The molecule has 0 aliphatic heterocycles. The Bertz CT molecular complexity index is 529. The van der Waals surface area contributed by atoms with E-state index in [9.17, 15) is 28.1 Å². The van der Waals surface area contributed by atoms with E-state index in [-0.39, 0.29) is 0 Å². The number of esters is 1. The van der Waals surface area contributed by atoms with Crippen LogP contribution in [0.15, 0.2) is 6.20 Å². The number of carbonyl (C=O) groups is 1. The number of halogens is 3. The van der Waals surface area contributed by atoms with Crippen LogP contribution in [-0.4, -0.2) is 29.3 Å². The predicted octanol–water partition coefficient (Wildman–Crippen LogP) is 1.98. The summed E-state index contributed by atoms with van der Waals surface area (Å²) in [6.45, 7) is 0.985. The third-order valence-electron chi connectivity index (χ3n) is 2.03. The first-order valence-electron chi connectivity index (χ1n) is 4.65. The largest absolute Gasteiger partial charge is 0.573 e. The zero-order valence-electron chi connectivity index (χ0n) is 9.65. The first-order chi connectivity index (χ1) is 8.67. The van der Waals surface area contributed by atoms with E-state index in [0.29, 0.717) is 6.20 Å². The minimum absolute atomic E-state index is 0.523. The Morgan fingerprint density at radius 3 is 2.47 bits per heavy atom. The zero-order chi connectivity index (χ0) is 14.8. The fourth-order valence-corrected chi connectivity index (χ4v) is 1.27. The van der Waals surface area contributed by atoms with E-state index in [1.54, 1.807) is 0 Å². The molecule has 0 aromatic carbocycles. The molecule has 1 aromatic heterocycles. The van der Waals surface area contributed by atoms with Gasteiger partial charge in [0.25, 0.3) is 0 Å². The van der Waals surface area contributed by atoms with Gasteiger partial charge in [0.15, 0.2) is 11.9 Å². The lowest BCUT2D eigenvalue weighted by Crippen LogP contribution is -2.21. The average molecular weight is 280 g/mol. The molecule has 7 nitrogen and oxygen atoms in total. The third kappa shape index (κ3) is 3.30. The summed E-state index contributed by atoms with van der Waals surface area (Å²) in [5.74, 6) is -2.99. The monoisotopic (exact) mass is 280 g/mol. The van der Waals surface area contributed by atoms with Crippen molar-refractivity contribution in [2.45, 2.75) is 13.3 Å². The van der Waals surface area contributed by atoms with E-state index < -0.39 is 39.9 Å². The van der Waals surface area contributed by atoms with E-state index in [1.807, 2.05) is 0 Å². The molecule has 0 N–H and O–H groups in total. The topological polar surface area (TPSA) is 91.6 Å². The highest BCUT2D eigenvalue weighted by atomic mass is 19.4. The van der Waals surface area contributed by atoms with Crippen molar-refractivity contribution >= 4 is 11.8 Å². The van der Waals surface area contributed by atoms with Crippen LogP contribution in [0.5, 0.6) is 5.75 Å². The third-order valence-corrected chi connectivity index (χ3v) is 2.03. The molecule has 0 radical (unpaired) electrons. The molecule has 10 heteroatoms. The average Bonchev–Trinajstić information content (AvgIpc) is 2.28. The van der Waals surface area contributed by atoms with Gasteiger partial charge >= 0.3 is 18.1 Å². The summed E-state index contributed by atoms with van der Waals surface area (Å²) in [6.07, 6.45) is -4.51. The lowest BCUT2D eigenvalue weighted by atomic mass is 10.1. The molecule has 0 amide bonds. The molecule has 1 rings (SSSR count). The minimum Gasteiger partial charge on any atom is -0.465 e. The molecule has 19 heavy (non-hydrogen) atoms. The number of carbonyl (C=O) groups excluding carboxylic acids is 1. The van der Waals surface area contributed by atoms with Crippen molar-refractivity contribution in [1.29, 1.82) is 0 Å². The van der Waals surface area contributed by atoms with E-state index >= 15 is 0 Å². The number of hydrogen-bond donors (Lipinski definition) is 0. The van der Waals surface area contributed by atoms with Gasteiger partial charge in [-0.1, -0.05) is 0 Å². The highest BCUT2D eigenvalue weighted by Crippen LogP contribution is 2.33. The van der Waals surface area contributed by atoms with Gasteiger partial charge in [-0.05, 0) is 16.8 Å².